The average Bonchev–Trinajstić information content (AvgIpc) is 3.17. The van der Waals surface area contributed by atoms with Crippen LogP contribution in [0, 0.1) is 57.0 Å². The number of benzene rings is 6. The lowest BCUT2D eigenvalue weighted by atomic mass is 9.95. The van der Waals surface area contributed by atoms with Crippen molar-refractivity contribution in [2.45, 2.75) is 20.8 Å². The summed E-state index contributed by atoms with van der Waals surface area (Å²) < 4.78 is 10.9. The van der Waals surface area contributed by atoms with Crippen molar-refractivity contribution in [3.8, 4) is 98.0 Å². The predicted octanol–water partition coefficient (Wildman–Crippen LogP) is 12.2. The predicted molar refractivity (Wildman–Crippen MR) is 222 cm³/mol. The van der Waals surface area contributed by atoms with E-state index in [0.717, 1.165) is 56.5 Å². The lowest BCUT2D eigenvalue weighted by molar-refractivity contribution is 0.112. The fraction of sp³-hybridized carbons (Fsp3) is 0.0851. The van der Waals surface area contributed by atoms with E-state index in [1.165, 1.54) is 16.7 Å². The van der Waals surface area contributed by atoms with E-state index in [1.807, 2.05) is 50.2 Å². The maximum atomic E-state index is 10.9. The molecule has 6 aromatic carbocycles. The van der Waals surface area contributed by atoms with Crippen LogP contribution in [-0.4, -0.2) is 18.5 Å². The highest BCUT2D eigenvalue weighted by Gasteiger charge is 2.14. The van der Waals surface area contributed by atoms with Gasteiger partial charge in [0.2, 0.25) is 0 Å². The molecular formula is C47H50O4. The lowest BCUT2D eigenvalue weighted by Crippen LogP contribution is -1.92. The summed E-state index contributed by atoms with van der Waals surface area (Å²) >= 11 is 0. The summed E-state index contributed by atoms with van der Waals surface area (Å²) in [6.07, 6.45) is 8.18. The molecule has 0 aliphatic carbocycles. The number of phenols is 1. The number of ether oxygens (including phenoxy) is 2. The number of rotatable bonds is 7. The van der Waals surface area contributed by atoms with Gasteiger partial charge in [0.15, 0.2) is 0 Å². The standard InChI is InChI=1S/C32H26O2.C15H10O2.7H2/c1-22-8-10-24(11-9-22)26-14-18-28(19-15-26)30-20-31(33)29(21-32(30)34-2)27-16-12-25(13-17-27)23-6-4-3-5-7-23;1-4-5-6-7-8-17-15-10-12(2)14(11-16)9-13(15)3;;;;;;;/h3-21,33H,1-2H3;1,9-11H,2-3H3;7*1H. The molecule has 4 heteroatoms. The van der Waals surface area contributed by atoms with Gasteiger partial charge in [0.1, 0.15) is 29.6 Å². The third-order valence-electron chi connectivity index (χ3n) is 8.30. The largest absolute Gasteiger partial charge is 0.507 e. The molecule has 0 spiro atoms. The molecule has 0 aromatic heterocycles. The molecule has 6 aromatic rings. The van der Waals surface area contributed by atoms with Gasteiger partial charge in [-0.3, -0.25) is 4.79 Å². The van der Waals surface area contributed by atoms with Gasteiger partial charge in [0.05, 0.1) is 7.11 Å². The minimum atomic E-state index is 0. The van der Waals surface area contributed by atoms with Crippen LogP contribution in [0.15, 0.2) is 127 Å². The Bertz CT molecular complexity index is 2340. The molecule has 6 rings (SSSR count). The SMILES string of the molecule is C#CC#CC#COc1cc(C)c(C=O)cc1C.COc1cc(-c2ccc(-c3ccccc3)cc2)c(O)cc1-c1ccc(-c2ccc(C)cc2)cc1.[HH].[HH].[HH].[HH].[HH].[HH].[HH]. The Balaban J connectivity index is -0.00000110. The molecular weight excluding hydrogens is 629 g/mol. The minimum absolute atomic E-state index is 0. The number of phenolic OH excluding ortho intramolecular Hbond substituents is 1. The number of hydrogen-bond acceptors (Lipinski definition) is 4. The number of hydrogen-bond donors (Lipinski definition) is 1. The molecule has 0 heterocycles. The van der Waals surface area contributed by atoms with E-state index in [2.05, 4.69) is 110 Å². The van der Waals surface area contributed by atoms with E-state index < -0.39 is 0 Å². The van der Waals surface area contributed by atoms with Crippen molar-refractivity contribution in [3.05, 3.63) is 150 Å². The number of carbonyl (C=O) groups excluding carboxylic acids is 1. The highest BCUT2D eigenvalue weighted by molar-refractivity contribution is 5.83. The van der Waals surface area contributed by atoms with Crippen LogP contribution in [0.1, 0.15) is 37.0 Å². The van der Waals surface area contributed by atoms with Gasteiger partial charge in [-0.25, -0.2) is 0 Å². The number of carbonyl (C=O) groups is 1. The van der Waals surface area contributed by atoms with E-state index in [1.54, 1.807) is 25.3 Å². The summed E-state index contributed by atoms with van der Waals surface area (Å²) in [7, 11) is 1.67. The second-order valence-corrected chi connectivity index (χ2v) is 11.8. The van der Waals surface area contributed by atoms with Gasteiger partial charge in [-0.05, 0) is 101 Å². The normalized spacial score (nSPS) is 9.78. The molecule has 0 bridgehead atoms. The third-order valence-corrected chi connectivity index (χ3v) is 8.30. The molecule has 0 fully saturated rings. The number of aromatic hydroxyl groups is 1. The van der Waals surface area contributed by atoms with Crippen LogP contribution in [-0.2, 0) is 0 Å². The van der Waals surface area contributed by atoms with Crippen LogP contribution in [0.25, 0.3) is 44.5 Å². The topological polar surface area (TPSA) is 55.8 Å². The summed E-state index contributed by atoms with van der Waals surface area (Å²) in [6.45, 7) is 5.77. The molecule has 262 valence electrons. The summed E-state index contributed by atoms with van der Waals surface area (Å²) in [5, 5.41) is 10.9. The zero-order valence-electron chi connectivity index (χ0n) is 29.0. The Morgan fingerprint density at radius 3 is 1.73 bits per heavy atom. The molecule has 0 aliphatic heterocycles. The number of methoxy groups -OCH3 is 1. The van der Waals surface area contributed by atoms with Gasteiger partial charge in [-0.2, -0.15) is 0 Å². The first-order valence-corrected chi connectivity index (χ1v) is 16.2. The molecule has 0 radical (unpaired) electrons. The zero-order chi connectivity index (χ0) is 36.2. The Kier molecular flexibility index (Phi) is 11.8. The van der Waals surface area contributed by atoms with E-state index >= 15 is 0 Å². The van der Waals surface area contributed by atoms with Crippen molar-refractivity contribution < 1.29 is 29.4 Å². The first-order chi connectivity index (χ1) is 24.8. The first-order valence-electron chi connectivity index (χ1n) is 16.2. The number of aldehydes is 1. The minimum Gasteiger partial charge on any atom is -0.507 e. The average molecular weight is 679 g/mol. The first kappa shape index (κ1) is 35.4. The second kappa shape index (κ2) is 16.9. The maximum Gasteiger partial charge on any atom is 0.150 e. The van der Waals surface area contributed by atoms with Crippen LogP contribution >= 0.6 is 0 Å². The zero-order valence-corrected chi connectivity index (χ0v) is 29.0. The van der Waals surface area contributed by atoms with Gasteiger partial charge >= 0.3 is 0 Å². The lowest BCUT2D eigenvalue weighted by Gasteiger charge is -2.14. The summed E-state index contributed by atoms with van der Waals surface area (Å²) in [6, 6.07) is 42.6. The molecule has 0 saturated carbocycles. The highest BCUT2D eigenvalue weighted by atomic mass is 16.5. The Morgan fingerprint density at radius 1 is 0.608 bits per heavy atom. The van der Waals surface area contributed by atoms with Crippen molar-refractivity contribution in [1.29, 1.82) is 0 Å². The van der Waals surface area contributed by atoms with Gasteiger partial charge < -0.3 is 14.6 Å². The maximum absolute atomic E-state index is 10.9. The molecule has 0 saturated heterocycles. The summed E-state index contributed by atoms with van der Waals surface area (Å²) in [4.78, 5) is 10.7. The van der Waals surface area contributed by atoms with Gasteiger partial charge in [0, 0.05) is 38.5 Å². The smallest absolute Gasteiger partial charge is 0.150 e. The Hall–Kier alpha value is -6.93. The molecule has 4 nitrogen and oxygen atoms in total. The quantitative estimate of drug-likeness (QED) is 0.135. The number of terminal acetylenes is 1. The number of aryl methyl sites for hydroxylation is 3. The van der Waals surface area contributed by atoms with Crippen molar-refractivity contribution >= 4 is 6.29 Å². The van der Waals surface area contributed by atoms with Crippen LogP contribution in [0.5, 0.6) is 17.2 Å². The van der Waals surface area contributed by atoms with Crippen molar-refractivity contribution in [1.82, 2.24) is 0 Å². The molecule has 0 amide bonds. The van der Waals surface area contributed by atoms with E-state index in [9.17, 15) is 9.90 Å². The van der Waals surface area contributed by atoms with Crippen LogP contribution in [0.3, 0.4) is 0 Å². The third kappa shape index (κ3) is 8.95. The van der Waals surface area contributed by atoms with Crippen molar-refractivity contribution in [2.75, 3.05) is 7.11 Å². The fourth-order valence-corrected chi connectivity index (χ4v) is 5.48. The summed E-state index contributed by atoms with van der Waals surface area (Å²) in [5.41, 5.74) is 11.8. The van der Waals surface area contributed by atoms with Gasteiger partial charge in [0.25, 0.3) is 0 Å². The fourth-order valence-electron chi connectivity index (χ4n) is 5.48. The monoisotopic (exact) mass is 678 g/mol. The molecule has 0 aliphatic rings. The van der Waals surface area contributed by atoms with Crippen LogP contribution in [0.4, 0.5) is 0 Å². The Morgan fingerprint density at radius 2 is 1.16 bits per heavy atom. The van der Waals surface area contributed by atoms with Crippen molar-refractivity contribution in [3.63, 3.8) is 0 Å². The molecule has 1 N–H and O–H groups in total. The van der Waals surface area contributed by atoms with E-state index in [-0.39, 0.29) is 15.7 Å². The van der Waals surface area contributed by atoms with Gasteiger partial charge in [-0.1, -0.05) is 109 Å². The van der Waals surface area contributed by atoms with Gasteiger partial charge in [-0.15, -0.1) is 6.42 Å². The molecule has 0 unspecified atom stereocenters. The molecule has 51 heavy (non-hydrogen) atoms. The van der Waals surface area contributed by atoms with Crippen molar-refractivity contribution in [2.24, 2.45) is 0 Å². The highest BCUT2D eigenvalue weighted by Crippen LogP contribution is 2.41. The van der Waals surface area contributed by atoms with E-state index in [0.29, 0.717) is 11.3 Å². The summed E-state index contributed by atoms with van der Waals surface area (Å²) in [5.74, 6) is 11.0. The Labute approximate surface area is 310 Å². The van der Waals surface area contributed by atoms with Crippen LogP contribution in [0.2, 0.25) is 0 Å². The second-order valence-electron chi connectivity index (χ2n) is 11.8. The van der Waals surface area contributed by atoms with Crippen LogP contribution < -0.4 is 9.47 Å². The van der Waals surface area contributed by atoms with E-state index in [4.69, 9.17) is 15.9 Å². The molecule has 0 atom stereocenters.